The second-order valence-corrected chi connectivity index (χ2v) is 10.0. The lowest BCUT2D eigenvalue weighted by atomic mass is 9.79. The van der Waals surface area contributed by atoms with Gasteiger partial charge in [-0.05, 0) is 89.1 Å². The summed E-state index contributed by atoms with van der Waals surface area (Å²) in [6.45, 7) is 10.4. The quantitative estimate of drug-likeness (QED) is 0.754. The van der Waals surface area contributed by atoms with Crippen LogP contribution in [0.4, 0.5) is 11.4 Å². The van der Waals surface area contributed by atoms with E-state index in [2.05, 4.69) is 41.8 Å². The number of hydrogen-bond donors (Lipinski definition) is 0. The standard InChI is InChI=1S/C25H37N3O2/c1-19-18-22(26-13-7-21(8-14-26)27-12-3-4-20(27)2)5-6-23(19)28-15-9-25(24(28)29)10-16-30-17-11-25/h5-6,18,20-21H,3-4,7-17H2,1-2H3/t20-/m0/s1. The lowest BCUT2D eigenvalue weighted by molar-refractivity contribution is -0.130. The van der Waals surface area contributed by atoms with Crippen molar-refractivity contribution < 1.29 is 9.53 Å². The maximum atomic E-state index is 13.3. The number of nitrogens with zero attached hydrogens (tertiary/aromatic N) is 3. The summed E-state index contributed by atoms with van der Waals surface area (Å²) in [5, 5.41) is 0. The first-order chi connectivity index (χ1) is 14.6. The van der Waals surface area contributed by atoms with Gasteiger partial charge in [0, 0.05) is 56.3 Å². The molecule has 5 nitrogen and oxygen atoms in total. The van der Waals surface area contributed by atoms with Crippen molar-refractivity contribution in [1.29, 1.82) is 0 Å². The molecular formula is C25H37N3O2. The van der Waals surface area contributed by atoms with Crippen LogP contribution in [0.2, 0.25) is 0 Å². The summed E-state index contributed by atoms with van der Waals surface area (Å²) in [6.07, 6.45) is 7.99. The first-order valence-electron chi connectivity index (χ1n) is 12.1. The highest BCUT2D eigenvalue weighted by atomic mass is 16.5. The lowest BCUT2D eigenvalue weighted by Crippen LogP contribution is -2.46. The number of piperidine rings is 1. The van der Waals surface area contributed by atoms with Crippen molar-refractivity contribution in [3.63, 3.8) is 0 Å². The zero-order chi connectivity index (χ0) is 20.7. The van der Waals surface area contributed by atoms with Gasteiger partial charge < -0.3 is 14.5 Å². The van der Waals surface area contributed by atoms with Crippen LogP contribution in [0.1, 0.15) is 57.4 Å². The van der Waals surface area contributed by atoms with Gasteiger partial charge in [-0.25, -0.2) is 0 Å². The maximum absolute atomic E-state index is 13.3. The molecule has 30 heavy (non-hydrogen) atoms. The van der Waals surface area contributed by atoms with Crippen LogP contribution in [0, 0.1) is 12.3 Å². The van der Waals surface area contributed by atoms with E-state index in [9.17, 15) is 4.79 Å². The molecule has 5 rings (SSSR count). The van der Waals surface area contributed by atoms with E-state index in [-0.39, 0.29) is 5.41 Å². The molecule has 164 valence electrons. The third-order valence-corrected chi connectivity index (χ3v) is 8.34. The van der Waals surface area contributed by atoms with Gasteiger partial charge in [0.1, 0.15) is 0 Å². The fourth-order valence-corrected chi connectivity index (χ4v) is 6.37. The summed E-state index contributed by atoms with van der Waals surface area (Å²) in [7, 11) is 0. The van der Waals surface area contributed by atoms with E-state index in [4.69, 9.17) is 4.74 Å². The van der Waals surface area contributed by atoms with Crippen LogP contribution in [0.3, 0.4) is 0 Å². The molecule has 0 aromatic heterocycles. The predicted octanol–water partition coefficient (Wildman–Crippen LogP) is 3.98. The molecule has 5 heteroatoms. The maximum Gasteiger partial charge on any atom is 0.233 e. The number of carbonyl (C=O) groups is 1. The topological polar surface area (TPSA) is 36.0 Å². The van der Waals surface area contributed by atoms with Crippen LogP contribution in [0.5, 0.6) is 0 Å². The molecule has 1 spiro atoms. The minimum Gasteiger partial charge on any atom is -0.381 e. The average Bonchev–Trinajstić information content (AvgIpc) is 3.33. The number of carbonyl (C=O) groups excluding carboxylic acids is 1. The molecule has 4 saturated heterocycles. The zero-order valence-corrected chi connectivity index (χ0v) is 18.7. The SMILES string of the molecule is Cc1cc(N2CCC(N3CCC[C@@H]3C)CC2)ccc1N1CCC2(CCOCC2)C1=O. The number of hydrogen-bond acceptors (Lipinski definition) is 4. The van der Waals surface area contributed by atoms with Gasteiger partial charge in [0.25, 0.3) is 0 Å². The summed E-state index contributed by atoms with van der Waals surface area (Å²) in [5.41, 5.74) is 3.47. The van der Waals surface area contributed by atoms with Crippen LogP contribution < -0.4 is 9.80 Å². The van der Waals surface area contributed by atoms with Gasteiger partial charge in [-0.15, -0.1) is 0 Å². The number of likely N-dealkylation sites (tertiary alicyclic amines) is 1. The van der Waals surface area contributed by atoms with E-state index >= 15 is 0 Å². The number of benzene rings is 1. The summed E-state index contributed by atoms with van der Waals surface area (Å²) in [4.78, 5) is 20.6. The van der Waals surface area contributed by atoms with E-state index in [0.29, 0.717) is 5.91 Å². The fourth-order valence-electron chi connectivity index (χ4n) is 6.37. The van der Waals surface area contributed by atoms with Crippen molar-refractivity contribution in [2.75, 3.05) is 49.2 Å². The Hall–Kier alpha value is -1.59. The monoisotopic (exact) mass is 411 g/mol. The first kappa shape index (κ1) is 20.3. The molecule has 0 radical (unpaired) electrons. The minimum atomic E-state index is -0.169. The molecule has 0 N–H and O–H groups in total. The third-order valence-electron chi connectivity index (χ3n) is 8.34. The highest BCUT2D eigenvalue weighted by molar-refractivity contribution is 6.00. The zero-order valence-electron chi connectivity index (χ0n) is 18.7. The van der Waals surface area contributed by atoms with E-state index in [1.807, 2.05) is 4.90 Å². The Labute approximate surface area is 181 Å². The molecule has 0 unspecified atom stereocenters. The van der Waals surface area contributed by atoms with Gasteiger partial charge in [-0.1, -0.05) is 0 Å². The third kappa shape index (κ3) is 3.54. The molecular weight excluding hydrogens is 374 g/mol. The second kappa shape index (κ2) is 8.16. The van der Waals surface area contributed by atoms with Gasteiger partial charge in [0.2, 0.25) is 5.91 Å². The van der Waals surface area contributed by atoms with E-state index in [1.54, 1.807) is 0 Å². The smallest absolute Gasteiger partial charge is 0.233 e. The number of rotatable bonds is 3. The summed E-state index contributed by atoms with van der Waals surface area (Å²) in [6, 6.07) is 8.26. The number of ether oxygens (including phenoxy) is 1. The Morgan fingerprint density at radius 1 is 1.00 bits per heavy atom. The number of aryl methyl sites for hydroxylation is 1. The molecule has 0 aliphatic carbocycles. The molecule has 1 aromatic rings. The van der Waals surface area contributed by atoms with Gasteiger partial charge in [0.05, 0.1) is 5.41 Å². The number of amides is 1. The van der Waals surface area contributed by atoms with Crippen molar-refractivity contribution in [3.8, 4) is 0 Å². The number of anilines is 2. The summed E-state index contributed by atoms with van der Waals surface area (Å²) >= 11 is 0. The highest BCUT2D eigenvalue weighted by Crippen LogP contribution is 2.43. The van der Waals surface area contributed by atoms with Crippen LogP contribution in [-0.2, 0) is 9.53 Å². The fraction of sp³-hybridized carbons (Fsp3) is 0.720. The van der Waals surface area contributed by atoms with Crippen LogP contribution >= 0.6 is 0 Å². The van der Waals surface area contributed by atoms with Crippen LogP contribution in [0.15, 0.2) is 18.2 Å². The Morgan fingerprint density at radius 3 is 2.43 bits per heavy atom. The Balaban J connectivity index is 1.25. The van der Waals surface area contributed by atoms with Crippen molar-refractivity contribution in [2.24, 2.45) is 5.41 Å². The average molecular weight is 412 g/mol. The summed E-state index contributed by atoms with van der Waals surface area (Å²) < 4.78 is 5.52. The molecule has 4 aliphatic rings. The minimum absolute atomic E-state index is 0.169. The molecule has 0 bridgehead atoms. The van der Waals surface area contributed by atoms with Crippen molar-refractivity contribution >= 4 is 17.3 Å². The Bertz CT molecular complexity index is 781. The van der Waals surface area contributed by atoms with Crippen molar-refractivity contribution in [2.45, 2.75) is 70.9 Å². The Morgan fingerprint density at radius 2 is 1.77 bits per heavy atom. The van der Waals surface area contributed by atoms with E-state index < -0.39 is 0 Å². The second-order valence-electron chi connectivity index (χ2n) is 10.0. The van der Waals surface area contributed by atoms with E-state index in [1.165, 1.54) is 43.5 Å². The molecule has 4 fully saturated rings. The first-order valence-corrected chi connectivity index (χ1v) is 12.1. The molecule has 4 aliphatic heterocycles. The van der Waals surface area contributed by atoms with Crippen LogP contribution in [0.25, 0.3) is 0 Å². The summed E-state index contributed by atoms with van der Waals surface area (Å²) in [5.74, 6) is 0.321. The Kier molecular flexibility index (Phi) is 5.53. The molecule has 1 atom stereocenters. The molecule has 4 heterocycles. The van der Waals surface area contributed by atoms with Crippen molar-refractivity contribution in [3.05, 3.63) is 23.8 Å². The predicted molar refractivity (Wildman–Crippen MR) is 121 cm³/mol. The van der Waals surface area contributed by atoms with Crippen molar-refractivity contribution in [1.82, 2.24) is 4.90 Å². The molecule has 0 saturated carbocycles. The molecule has 1 amide bonds. The lowest BCUT2D eigenvalue weighted by Gasteiger charge is -2.39. The molecule has 1 aromatic carbocycles. The highest BCUT2D eigenvalue weighted by Gasteiger charge is 2.48. The van der Waals surface area contributed by atoms with Gasteiger partial charge >= 0.3 is 0 Å². The normalized spacial score (nSPS) is 28.1. The van der Waals surface area contributed by atoms with Gasteiger partial charge in [-0.3, -0.25) is 9.69 Å². The van der Waals surface area contributed by atoms with Gasteiger partial charge in [0.15, 0.2) is 0 Å². The largest absolute Gasteiger partial charge is 0.381 e. The van der Waals surface area contributed by atoms with E-state index in [0.717, 1.165) is 69.9 Å². The van der Waals surface area contributed by atoms with Gasteiger partial charge in [-0.2, -0.15) is 0 Å². The van der Waals surface area contributed by atoms with Crippen LogP contribution in [-0.4, -0.2) is 62.3 Å².